The smallest absolute Gasteiger partial charge is 0.264 e. The van der Waals surface area contributed by atoms with Crippen molar-refractivity contribution in [3.05, 3.63) is 95.0 Å². The number of carbonyl (C=O) groups is 1. The lowest BCUT2D eigenvalue weighted by Gasteiger charge is -2.25. The Hall–Kier alpha value is -2.83. The van der Waals surface area contributed by atoms with Gasteiger partial charge in [-0.1, -0.05) is 60.1 Å². The van der Waals surface area contributed by atoms with Gasteiger partial charge in [0, 0.05) is 11.6 Å². The second-order valence-electron chi connectivity index (χ2n) is 7.19. The van der Waals surface area contributed by atoms with Gasteiger partial charge in [0.2, 0.25) is 5.91 Å². The van der Waals surface area contributed by atoms with Gasteiger partial charge in [-0.3, -0.25) is 9.10 Å². The average Bonchev–Trinajstić information content (AvgIpc) is 2.77. The average molecular weight is 457 g/mol. The lowest BCUT2D eigenvalue weighted by atomic mass is 10.1. The molecule has 7 heteroatoms. The summed E-state index contributed by atoms with van der Waals surface area (Å²) in [5.74, 6) is -0.359. The SMILES string of the molecule is Cc1cc(Cl)ccc1N(CC(=O)NCCCc1ccccc1)S(=O)(=O)c1ccccc1. The van der Waals surface area contributed by atoms with E-state index in [1.165, 1.54) is 17.7 Å². The van der Waals surface area contributed by atoms with Crippen molar-refractivity contribution in [2.45, 2.75) is 24.7 Å². The van der Waals surface area contributed by atoms with Crippen molar-refractivity contribution in [1.29, 1.82) is 0 Å². The summed E-state index contributed by atoms with van der Waals surface area (Å²) < 4.78 is 27.8. The number of rotatable bonds is 9. The van der Waals surface area contributed by atoms with E-state index >= 15 is 0 Å². The zero-order chi connectivity index (χ0) is 22.3. The molecule has 0 fully saturated rings. The molecule has 0 saturated carbocycles. The number of benzene rings is 3. The minimum Gasteiger partial charge on any atom is -0.355 e. The Balaban J connectivity index is 1.74. The topological polar surface area (TPSA) is 66.5 Å². The van der Waals surface area contributed by atoms with E-state index in [2.05, 4.69) is 5.32 Å². The first kappa shape index (κ1) is 22.8. The Labute approximate surface area is 188 Å². The maximum Gasteiger partial charge on any atom is 0.264 e. The summed E-state index contributed by atoms with van der Waals surface area (Å²) in [7, 11) is -3.93. The first-order valence-corrected chi connectivity index (χ1v) is 11.8. The van der Waals surface area contributed by atoms with Crippen LogP contribution in [0.1, 0.15) is 17.5 Å². The van der Waals surface area contributed by atoms with E-state index in [0.717, 1.165) is 17.1 Å². The number of nitrogens with zero attached hydrogens (tertiary/aromatic N) is 1. The highest BCUT2D eigenvalue weighted by Gasteiger charge is 2.28. The lowest BCUT2D eigenvalue weighted by Crippen LogP contribution is -2.41. The number of aryl methyl sites for hydroxylation is 2. The third kappa shape index (κ3) is 6.09. The first-order valence-electron chi connectivity index (χ1n) is 10.0. The molecule has 1 amide bonds. The molecule has 0 aliphatic carbocycles. The van der Waals surface area contributed by atoms with Gasteiger partial charge in [0.15, 0.2) is 0 Å². The Morgan fingerprint density at radius 1 is 0.968 bits per heavy atom. The monoisotopic (exact) mass is 456 g/mol. The maximum absolute atomic E-state index is 13.3. The Kier molecular flexibility index (Phi) is 7.71. The summed E-state index contributed by atoms with van der Waals surface area (Å²) in [6.07, 6.45) is 1.60. The number of anilines is 1. The predicted octanol–water partition coefficient (Wildman–Crippen LogP) is 4.59. The number of hydrogen-bond acceptors (Lipinski definition) is 3. The number of amides is 1. The van der Waals surface area contributed by atoms with E-state index < -0.39 is 10.0 Å². The number of carbonyl (C=O) groups excluding carboxylic acids is 1. The van der Waals surface area contributed by atoms with Gasteiger partial charge in [-0.05, 0) is 61.2 Å². The fraction of sp³-hybridized carbons (Fsp3) is 0.208. The van der Waals surface area contributed by atoms with E-state index in [-0.39, 0.29) is 17.3 Å². The van der Waals surface area contributed by atoms with E-state index in [4.69, 9.17) is 11.6 Å². The Morgan fingerprint density at radius 3 is 2.26 bits per heavy atom. The summed E-state index contributed by atoms with van der Waals surface area (Å²) in [5.41, 5.74) is 2.29. The summed E-state index contributed by atoms with van der Waals surface area (Å²) >= 11 is 6.05. The van der Waals surface area contributed by atoms with Gasteiger partial charge in [0.05, 0.1) is 10.6 Å². The minimum absolute atomic E-state index is 0.126. The molecular weight excluding hydrogens is 432 g/mol. The highest BCUT2D eigenvalue weighted by atomic mass is 35.5. The molecule has 0 heterocycles. The van der Waals surface area contributed by atoms with Crippen LogP contribution in [0.3, 0.4) is 0 Å². The molecular formula is C24H25ClN2O3S. The highest BCUT2D eigenvalue weighted by molar-refractivity contribution is 7.92. The molecule has 5 nitrogen and oxygen atoms in total. The summed E-state index contributed by atoms with van der Waals surface area (Å²) in [6, 6.07) is 23.0. The van der Waals surface area contributed by atoms with E-state index in [1.54, 1.807) is 43.3 Å². The Morgan fingerprint density at radius 2 is 1.61 bits per heavy atom. The first-order chi connectivity index (χ1) is 14.9. The minimum atomic E-state index is -3.93. The van der Waals surface area contributed by atoms with Gasteiger partial charge in [-0.25, -0.2) is 8.42 Å². The van der Waals surface area contributed by atoms with Crippen molar-refractivity contribution < 1.29 is 13.2 Å². The molecule has 0 spiro atoms. The Bertz CT molecular complexity index is 1120. The van der Waals surface area contributed by atoms with Gasteiger partial charge in [0.1, 0.15) is 6.54 Å². The van der Waals surface area contributed by atoms with Crippen LogP contribution in [0.15, 0.2) is 83.8 Å². The van der Waals surface area contributed by atoms with Crippen LogP contribution in [-0.2, 0) is 21.2 Å². The van der Waals surface area contributed by atoms with Crippen molar-refractivity contribution in [3.63, 3.8) is 0 Å². The van der Waals surface area contributed by atoms with Gasteiger partial charge >= 0.3 is 0 Å². The molecule has 3 aromatic rings. The molecule has 1 N–H and O–H groups in total. The van der Waals surface area contributed by atoms with Crippen LogP contribution in [0.2, 0.25) is 5.02 Å². The van der Waals surface area contributed by atoms with Gasteiger partial charge < -0.3 is 5.32 Å². The van der Waals surface area contributed by atoms with Crippen LogP contribution in [0.4, 0.5) is 5.69 Å². The molecule has 3 aromatic carbocycles. The molecule has 0 atom stereocenters. The molecule has 0 aromatic heterocycles. The van der Waals surface area contributed by atoms with Gasteiger partial charge in [-0.15, -0.1) is 0 Å². The van der Waals surface area contributed by atoms with Crippen LogP contribution >= 0.6 is 11.6 Å². The van der Waals surface area contributed by atoms with Crippen molar-refractivity contribution in [2.75, 3.05) is 17.4 Å². The number of sulfonamides is 1. The van der Waals surface area contributed by atoms with Crippen LogP contribution in [-0.4, -0.2) is 27.4 Å². The third-order valence-electron chi connectivity index (χ3n) is 4.85. The molecule has 0 aliphatic heterocycles. The van der Waals surface area contributed by atoms with E-state index in [1.807, 2.05) is 30.3 Å². The van der Waals surface area contributed by atoms with Crippen molar-refractivity contribution in [2.24, 2.45) is 0 Å². The molecule has 162 valence electrons. The van der Waals surface area contributed by atoms with Gasteiger partial charge in [0.25, 0.3) is 10.0 Å². The zero-order valence-electron chi connectivity index (χ0n) is 17.3. The third-order valence-corrected chi connectivity index (χ3v) is 6.86. The second kappa shape index (κ2) is 10.5. The summed E-state index contributed by atoms with van der Waals surface area (Å²) in [5, 5.41) is 3.34. The van der Waals surface area contributed by atoms with Crippen LogP contribution < -0.4 is 9.62 Å². The predicted molar refractivity (Wildman–Crippen MR) is 125 cm³/mol. The molecule has 0 radical (unpaired) electrons. The standard InChI is InChI=1S/C24H25ClN2O3S/c1-19-17-21(25)14-15-23(19)27(31(29,30)22-12-6-3-7-13-22)18-24(28)26-16-8-11-20-9-4-2-5-10-20/h2-7,9-10,12-15,17H,8,11,16,18H2,1H3,(H,26,28). The number of halogens is 1. The molecule has 0 aliphatic rings. The maximum atomic E-state index is 13.3. The van der Waals surface area contributed by atoms with E-state index in [0.29, 0.717) is 22.8 Å². The zero-order valence-corrected chi connectivity index (χ0v) is 18.9. The molecule has 0 unspecified atom stereocenters. The number of nitrogens with one attached hydrogen (secondary N) is 1. The second-order valence-corrected chi connectivity index (χ2v) is 9.49. The van der Waals surface area contributed by atoms with Crippen molar-refractivity contribution >= 4 is 33.2 Å². The van der Waals surface area contributed by atoms with Crippen LogP contribution in [0.5, 0.6) is 0 Å². The molecule has 3 rings (SSSR count). The van der Waals surface area contributed by atoms with Crippen molar-refractivity contribution in [3.8, 4) is 0 Å². The summed E-state index contributed by atoms with van der Waals surface area (Å²) in [4.78, 5) is 12.8. The van der Waals surface area contributed by atoms with Crippen LogP contribution in [0, 0.1) is 6.92 Å². The number of hydrogen-bond donors (Lipinski definition) is 1. The molecule has 0 bridgehead atoms. The summed E-state index contributed by atoms with van der Waals surface area (Å²) in [6.45, 7) is 1.92. The fourth-order valence-corrected chi connectivity index (χ4v) is 5.00. The molecule has 0 saturated heterocycles. The van der Waals surface area contributed by atoms with Crippen molar-refractivity contribution in [1.82, 2.24) is 5.32 Å². The van der Waals surface area contributed by atoms with Gasteiger partial charge in [-0.2, -0.15) is 0 Å². The molecule has 31 heavy (non-hydrogen) atoms. The van der Waals surface area contributed by atoms with E-state index in [9.17, 15) is 13.2 Å². The highest BCUT2D eigenvalue weighted by Crippen LogP contribution is 2.28. The quantitative estimate of drug-likeness (QED) is 0.479. The largest absolute Gasteiger partial charge is 0.355 e. The fourth-order valence-electron chi connectivity index (χ4n) is 3.27. The van der Waals surface area contributed by atoms with Crippen LogP contribution in [0.25, 0.3) is 0 Å². The normalized spacial score (nSPS) is 11.2. The lowest BCUT2D eigenvalue weighted by molar-refractivity contribution is -0.119.